The highest BCUT2D eigenvalue weighted by atomic mass is 33.1. The molecule has 146 valence electrons. The zero-order valence-corrected chi connectivity index (χ0v) is 17.2. The van der Waals surface area contributed by atoms with Crippen LogP contribution in [-0.2, 0) is 19.6 Å². The van der Waals surface area contributed by atoms with Gasteiger partial charge in [0.05, 0.1) is 11.3 Å². The van der Waals surface area contributed by atoms with Crippen LogP contribution in [0.15, 0.2) is 23.1 Å². The van der Waals surface area contributed by atoms with Gasteiger partial charge in [0.25, 0.3) is 0 Å². The molecule has 1 rings (SSSR count). The van der Waals surface area contributed by atoms with Crippen molar-refractivity contribution in [2.45, 2.75) is 31.6 Å². The van der Waals surface area contributed by atoms with E-state index in [1.807, 2.05) is 13.0 Å². The first kappa shape index (κ1) is 22.8. The Balaban J connectivity index is 2.25. The molecule has 0 aliphatic heterocycles. The van der Waals surface area contributed by atoms with Crippen LogP contribution in [0.25, 0.3) is 0 Å². The molecule has 0 atom stereocenters. The highest BCUT2D eigenvalue weighted by Gasteiger charge is 2.16. The van der Waals surface area contributed by atoms with Crippen LogP contribution in [0.3, 0.4) is 0 Å². The first-order valence-corrected chi connectivity index (χ1v) is 12.0. The number of carbonyl (C=O) groups excluding carboxylic acids is 1. The summed E-state index contributed by atoms with van der Waals surface area (Å²) in [6.45, 7) is 4.03. The lowest BCUT2D eigenvalue weighted by molar-refractivity contribution is -0.136. The molecule has 0 saturated carbocycles. The molecule has 26 heavy (non-hydrogen) atoms. The monoisotopic (exact) mass is 420 g/mol. The smallest absolute Gasteiger partial charge is 0.304 e. The van der Waals surface area contributed by atoms with Crippen molar-refractivity contribution < 1.29 is 23.1 Å². The molecule has 0 fully saturated rings. The number of aliphatic carboxylic acids is 1. The number of carbonyl (C=O) groups is 2. The third kappa shape index (κ3) is 8.93. The van der Waals surface area contributed by atoms with Crippen LogP contribution in [0.1, 0.15) is 24.0 Å². The van der Waals surface area contributed by atoms with Gasteiger partial charge in [-0.3, -0.25) is 9.59 Å². The molecule has 0 aliphatic carbocycles. The average Bonchev–Trinajstić information content (AvgIpc) is 2.55. The van der Waals surface area contributed by atoms with Crippen LogP contribution in [0.2, 0.25) is 0 Å². The molecule has 1 aromatic carbocycles. The quantitative estimate of drug-likeness (QED) is 0.350. The van der Waals surface area contributed by atoms with Gasteiger partial charge in [-0.05, 0) is 31.0 Å². The van der Waals surface area contributed by atoms with E-state index in [9.17, 15) is 18.0 Å². The normalized spacial score (nSPS) is 11.3. The first-order chi connectivity index (χ1) is 12.2. The maximum absolute atomic E-state index is 12.3. The Bertz CT molecular complexity index is 723. The van der Waals surface area contributed by atoms with Crippen molar-refractivity contribution >= 4 is 43.5 Å². The maximum Gasteiger partial charge on any atom is 0.304 e. The van der Waals surface area contributed by atoms with Crippen molar-refractivity contribution in [3.8, 4) is 0 Å². The zero-order chi connectivity index (χ0) is 19.6. The van der Waals surface area contributed by atoms with Gasteiger partial charge in [-0.2, -0.15) is 0 Å². The second-order valence-electron chi connectivity index (χ2n) is 5.55. The Morgan fingerprint density at radius 2 is 1.77 bits per heavy atom. The number of hydrogen-bond donors (Lipinski definition) is 3. The number of benzene rings is 1. The van der Waals surface area contributed by atoms with E-state index in [-0.39, 0.29) is 30.2 Å². The van der Waals surface area contributed by atoms with Crippen molar-refractivity contribution in [1.29, 1.82) is 0 Å². The van der Waals surface area contributed by atoms with Gasteiger partial charge < -0.3 is 10.4 Å². The van der Waals surface area contributed by atoms with Crippen molar-refractivity contribution in [2.75, 3.05) is 24.6 Å². The van der Waals surface area contributed by atoms with E-state index >= 15 is 0 Å². The van der Waals surface area contributed by atoms with E-state index in [1.54, 1.807) is 19.1 Å². The third-order valence-corrected chi connectivity index (χ3v) is 7.28. The topological polar surface area (TPSA) is 113 Å². The lowest BCUT2D eigenvalue weighted by atomic mass is 10.2. The van der Waals surface area contributed by atoms with Crippen LogP contribution in [0.5, 0.6) is 0 Å². The van der Waals surface area contributed by atoms with Crippen LogP contribution < -0.4 is 10.0 Å². The average molecular weight is 421 g/mol. The van der Waals surface area contributed by atoms with Crippen LogP contribution in [0.4, 0.5) is 0 Å². The summed E-state index contributed by atoms with van der Waals surface area (Å²) in [5, 5.41) is 11.2. The lowest BCUT2D eigenvalue weighted by Gasteiger charge is -2.10. The van der Waals surface area contributed by atoms with Crippen molar-refractivity contribution in [2.24, 2.45) is 0 Å². The summed E-state index contributed by atoms with van der Waals surface area (Å²) < 4.78 is 27.1. The fourth-order valence-corrected chi connectivity index (χ4v) is 5.19. The summed E-state index contributed by atoms with van der Waals surface area (Å²) >= 11 is 0. The number of rotatable bonds is 12. The molecule has 7 nitrogen and oxygen atoms in total. The molecule has 3 N–H and O–H groups in total. The molecule has 10 heteroatoms. The van der Waals surface area contributed by atoms with E-state index in [1.165, 1.54) is 21.6 Å². The minimum Gasteiger partial charge on any atom is -0.481 e. The summed E-state index contributed by atoms with van der Waals surface area (Å²) in [7, 11) is -0.697. The number of carboxylic acids is 1. The van der Waals surface area contributed by atoms with Gasteiger partial charge in [0.1, 0.15) is 0 Å². The fraction of sp³-hybridized carbons (Fsp3) is 0.500. The number of aryl methyl sites for hydroxylation is 2. The van der Waals surface area contributed by atoms with Gasteiger partial charge >= 0.3 is 5.97 Å². The molecule has 0 heterocycles. The van der Waals surface area contributed by atoms with Gasteiger partial charge in [0.2, 0.25) is 15.9 Å². The van der Waals surface area contributed by atoms with Crippen molar-refractivity contribution in [3.05, 3.63) is 29.3 Å². The Labute approximate surface area is 162 Å². The molecule has 0 bridgehead atoms. The fourth-order valence-electron chi connectivity index (χ4n) is 1.94. The van der Waals surface area contributed by atoms with Crippen molar-refractivity contribution in [1.82, 2.24) is 10.0 Å². The Morgan fingerprint density at radius 3 is 2.46 bits per heavy atom. The standard InChI is InChI=1S/C16H24N2O5S3/c1-12-3-4-13(2)14(11-12)26(22,23)18-7-5-15(19)17-8-10-25-24-9-6-16(20)21/h3-4,11,18H,5-10H2,1-2H3,(H,17,19)(H,20,21). The number of amides is 1. The second-order valence-corrected chi connectivity index (χ2v) is 9.99. The van der Waals surface area contributed by atoms with Gasteiger partial charge in [0, 0.05) is 31.0 Å². The first-order valence-electron chi connectivity index (χ1n) is 8.02. The largest absolute Gasteiger partial charge is 0.481 e. The van der Waals surface area contributed by atoms with E-state index in [4.69, 9.17) is 5.11 Å². The van der Waals surface area contributed by atoms with Gasteiger partial charge in [0.15, 0.2) is 0 Å². The Morgan fingerprint density at radius 1 is 1.08 bits per heavy atom. The minimum absolute atomic E-state index is 0.0298. The third-order valence-electron chi connectivity index (χ3n) is 3.27. The number of nitrogens with one attached hydrogen (secondary N) is 2. The number of hydrogen-bond acceptors (Lipinski definition) is 6. The molecule has 0 radical (unpaired) electrons. The van der Waals surface area contributed by atoms with E-state index < -0.39 is 16.0 Å². The Hall–Kier alpha value is -1.23. The zero-order valence-electron chi connectivity index (χ0n) is 14.8. The summed E-state index contributed by atoms with van der Waals surface area (Å²) in [5.74, 6) is 0.123. The highest BCUT2D eigenvalue weighted by molar-refractivity contribution is 8.76. The van der Waals surface area contributed by atoms with Crippen LogP contribution in [0, 0.1) is 13.8 Å². The van der Waals surface area contributed by atoms with Crippen molar-refractivity contribution in [3.63, 3.8) is 0 Å². The number of carboxylic acid groups (broad SMARTS) is 1. The lowest BCUT2D eigenvalue weighted by Crippen LogP contribution is -2.32. The SMILES string of the molecule is Cc1ccc(C)c(S(=O)(=O)NCCC(=O)NCCSSCCC(=O)O)c1. The molecule has 1 amide bonds. The highest BCUT2D eigenvalue weighted by Crippen LogP contribution is 2.21. The van der Waals surface area contributed by atoms with Gasteiger partial charge in [-0.1, -0.05) is 33.7 Å². The summed E-state index contributed by atoms with van der Waals surface area (Å²) in [4.78, 5) is 22.3. The maximum atomic E-state index is 12.3. The van der Waals surface area contributed by atoms with Gasteiger partial charge in [-0.25, -0.2) is 13.1 Å². The minimum atomic E-state index is -3.64. The van der Waals surface area contributed by atoms with E-state index in [0.29, 0.717) is 23.6 Å². The summed E-state index contributed by atoms with van der Waals surface area (Å²) in [6.07, 6.45) is 0.172. The summed E-state index contributed by atoms with van der Waals surface area (Å²) in [5.41, 5.74) is 1.51. The molecule has 1 aromatic rings. The molecule has 0 spiro atoms. The number of sulfonamides is 1. The molecular weight excluding hydrogens is 396 g/mol. The second kappa shape index (κ2) is 11.5. The molecular formula is C16H24N2O5S3. The van der Waals surface area contributed by atoms with E-state index in [0.717, 1.165) is 5.56 Å². The molecule has 0 aromatic heterocycles. The Kier molecular flexibility index (Phi) is 10.1. The van der Waals surface area contributed by atoms with E-state index in [2.05, 4.69) is 10.0 Å². The summed E-state index contributed by atoms with van der Waals surface area (Å²) in [6, 6.07) is 5.21. The predicted octanol–water partition coefficient (Wildman–Crippen LogP) is 1.94. The van der Waals surface area contributed by atoms with Crippen LogP contribution >= 0.6 is 21.6 Å². The molecule has 0 unspecified atom stereocenters. The molecule has 0 aliphatic rings. The predicted molar refractivity (Wildman–Crippen MR) is 106 cm³/mol. The van der Waals surface area contributed by atoms with Crippen LogP contribution in [-0.4, -0.2) is 50.0 Å². The molecule has 0 saturated heterocycles. The van der Waals surface area contributed by atoms with Gasteiger partial charge in [-0.15, -0.1) is 0 Å².